The van der Waals surface area contributed by atoms with Crippen molar-refractivity contribution in [2.75, 3.05) is 12.4 Å². The third-order valence-corrected chi connectivity index (χ3v) is 3.62. The Morgan fingerprint density at radius 3 is 2.39 bits per heavy atom. The fourth-order valence-electron chi connectivity index (χ4n) is 2.34. The first-order valence-electron chi connectivity index (χ1n) is 8.15. The highest BCUT2D eigenvalue weighted by atomic mass is 19.4. The average Bonchev–Trinajstić information content (AvgIpc) is 2.65. The first-order chi connectivity index (χ1) is 13.2. The number of amides is 2. The highest BCUT2D eigenvalue weighted by Crippen LogP contribution is 2.34. The first kappa shape index (κ1) is 20.9. The summed E-state index contributed by atoms with van der Waals surface area (Å²) in [6, 6.07) is 11.2. The van der Waals surface area contributed by atoms with E-state index in [2.05, 4.69) is 15.8 Å². The van der Waals surface area contributed by atoms with Crippen LogP contribution < -0.4 is 15.5 Å². The molecule has 6 nitrogen and oxygen atoms in total. The van der Waals surface area contributed by atoms with Crippen LogP contribution >= 0.6 is 0 Å². The number of anilines is 1. The second-order valence-electron chi connectivity index (χ2n) is 5.76. The van der Waals surface area contributed by atoms with Gasteiger partial charge in [0.15, 0.2) is 0 Å². The molecule has 28 heavy (non-hydrogen) atoms. The van der Waals surface area contributed by atoms with E-state index in [9.17, 15) is 22.8 Å². The van der Waals surface area contributed by atoms with Gasteiger partial charge in [0.05, 0.1) is 30.3 Å². The van der Waals surface area contributed by atoms with Crippen molar-refractivity contribution in [1.82, 2.24) is 5.43 Å². The zero-order valence-corrected chi connectivity index (χ0v) is 15.1. The van der Waals surface area contributed by atoms with Crippen molar-refractivity contribution in [1.29, 1.82) is 0 Å². The van der Waals surface area contributed by atoms with E-state index in [0.29, 0.717) is 5.75 Å². The minimum Gasteiger partial charge on any atom is -0.496 e. The first-order valence-corrected chi connectivity index (χ1v) is 8.15. The lowest BCUT2D eigenvalue weighted by Crippen LogP contribution is -2.22. The largest absolute Gasteiger partial charge is 0.496 e. The van der Waals surface area contributed by atoms with Crippen LogP contribution in [-0.2, 0) is 11.0 Å². The number of carbonyl (C=O) groups is 2. The monoisotopic (exact) mass is 393 g/mol. The number of nitrogens with zero attached hydrogens (tertiary/aromatic N) is 1. The Morgan fingerprint density at radius 1 is 1.07 bits per heavy atom. The molecule has 0 fully saturated rings. The summed E-state index contributed by atoms with van der Waals surface area (Å²) in [6.07, 6.45) is -4.88. The van der Waals surface area contributed by atoms with Gasteiger partial charge in [0, 0.05) is 5.71 Å². The number of halogens is 3. The van der Waals surface area contributed by atoms with Crippen molar-refractivity contribution in [3.63, 3.8) is 0 Å². The smallest absolute Gasteiger partial charge is 0.418 e. The fourth-order valence-corrected chi connectivity index (χ4v) is 2.34. The molecule has 0 unspecified atom stereocenters. The van der Waals surface area contributed by atoms with Gasteiger partial charge in [0.1, 0.15) is 5.75 Å². The Bertz CT molecular complexity index is 895. The minimum atomic E-state index is -4.59. The molecule has 2 aromatic carbocycles. The van der Waals surface area contributed by atoms with Crippen LogP contribution in [0, 0.1) is 0 Å². The van der Waals surface area contributed by atoms with E-state index < -0.39 is 23.6 Å². The Morgan fingerprint density at radius 2 is 1.71 bits per heavy atom. The second-order valence-corrected chi connectivity index (χ2v) is 5.76. The minimum absolute atomic E-state index is 0.213. The second kappa shape index (κ2) is 9.03. The van der Waals surface area contributed by atoms with Crippen LogP contribution in [0.4, 0.5) is 18.9 Å². The topological polar surface area (TPSA) is 79.8 Å². The van der Waals surface area contributed by atoms with Gasteiger partial charge in [-0.1, -0.05) is 24.3 Å². The number of hydrogen-bond acceptors (Lipinski definition) is 4. The van der Waals surface area contributed by atoms with Gasteiger partial charge < -0.3 is 10.1 Å². The van der Waals surface area contributed by atoms with Crippen molar-refractivity contribution >= 4 is 23.2 Å². The zero-order chi connectivity index (χ0) is 20.7. The molecule has 0 aromatic heterocycles. The van der Waals surface area contributed by atoms with E-state index in [-0.39, 0.29) is 23.4 Å². The van der Waals surface area contributed by atoms with Gasteiger partial charge in [-0.15, -0.1) is 0 Å². The van der Waals surface area contributed by atoms with E-state index in [0.717, 1.165) is 12.1 Å². The van der Waals surface area contributed by atoms with E-state index in [4.69, 9.17) is 4.74 Å². The number of carbonyl (C=O) groups excluding carboxylic acids is 2. The van der Waals surface area contributed by atoms with Crippen molar-refractivity contribution in [3.8, 4) is 5.75 Å². The Labute approximate surface area is 159 Å². The van der Waals surface area contributed by atoms with E-state index >= 15 is 0 Å². The lowest BCUT2D eigenvalue weighted by molar-refractivity contribution is -0.137. The highest BCUT2D eigenvalue weighted by Gasteiger charge is 2.33. The molecule has 0 saturated carbocycles. The molecular weight excluding hydrogens is 375 g/mol. The zero-order valence-electron chi connectivity index (χ0n) is 15.1. The van der Waals surface area contributed by atoms with Gasteiger partial charge in [-0.2, -0.15) is 18.3 Å². The summed E-state index contributed by atoms with van der Waals surface area (Å²) in [6.45, 7) is 1.47. The SMILES string of the molecule is COc1ccccc1C(=O)N/N=C(/C)CC(=O)Nc1ccccc1C(F)(F)F. The third-order valence-electron chi connectivity index (χ3n) is 3.62. The van der Waals surface area contributed by atoms with Gasteiger partial charge >= 0.3 is 6.18 Å². The normalized spacial score (nSPS) is 11.7. The lowest BCUT2D eigenvalue weighted by Gasteiger charge is -2.13. The van der Waals surface area contributed by atoms with Crippen LogP contribution in [0.5, 0.6) is 5.75 Å². The summed E-state index contributed by atoms with van der Waals surface area (Å²) in [5.41, 5.74) is 1.47. The molecule has 2 rings (SSSR count). The predicted octanol–water partition coefficient (Wildman–Crippen LogP) is 3.85. The van der Waals surface area contributed by atoms with Gasteiger partial charge in [-0.25, -0.2) is 5.43 Å². The van der Waals surface area contributed by atoms with E-state index in [1.807, 2.05) is 0 Å². The summed E-state index contributed by atoms with van der Waals surface area (Å²) in [4.78, 5) is 24.2. The number of rotatable bonds is 6. The number of para-hydroxylation sites is 2. The molecule has 0 saturated heterocycles. The average molecular weight is 393 g/mol. The van der Waals surface area contributed by atoms with Crippen molar-refractivity contribution < 1.29 is 27.5 Å². The molecule has 0 radical (unpaired) electrons. The summed E-state index contributed by atoms with van der Waals surface area (Å²) in [7, 11) is 1.42. The molecule has 2 amide bonds. The summed E-state index contributed by atoms with van der Waals surface area (Å²) >= 11 is 0. The van der Waals surface area contributed by atoms with Crippen LogP contribution in [0.1, 0.15) is 29.3 Å². The maximum atomic E-state index is 13.0. The quantitative estimate of drug-likeness (QED) is 0.578. The molecule has 0 aliphatic carbocycles. The van der Waals surface area contributed by atoms with E-state index in [1.165, 1.54) is 26.2 Å². The molecule has 0 atom stereocenters. The molecule has 9 heteroatoms. The van der Waals surface area contributed by atoms with Gasteiger partial charge in [0.25, 0.3) is 5.91 Å². The summed E-state index contributed by atoms with van der Waals surface area (Å²) in [5, 5.41) is 6.02. The Hall–Kier alpha value is -3.36. The van der Waals surface area contributed by atoms with Crippen LogP contribution in [0.15, 0.2) is 53.6 Å². The van der Waals surface area contributed by atoms with Crippen molar-refractivity contribution in [2.45, 2.75) is 19.5 Å². The van der Waals surface area contributed by atoms with Crippen LogP contribution in [0.25, 0.3) is 0 Å². The Kier molecular flexibility index (Phi) is 6.75. The van der Waals surface area contributed by atoms with Gasteiger partial charge in [-0.05, 0) is 31.2 Å². The lowest BCUT2D eigenvalue weighted by atomic mass is 10.1. The molecule has 2 aromatic rings. The fraction of sp³-hybridized carbons (Fsp3) is 0.211. The van der Waals surface area contributed by atoms with Crippen molar-refractivity contribution in [2.24, 2.45) is 5.10 Å². The number of methoxy groups -OCH3 is 1. The number of ether oxygens (including phenoxy) is 1. The summed E-state index contributed by atoms with van der Waals surface area (Å²) < 4.78 is 44.0. The number of nitrogens with one attached hydrogen (secondary N) is 2. The molecule has 0 heterocycles. The summed E-state index contributed by atoms with van der Waals surface area (Å²) in [5.74, 6) is -0.876. The van der Waals surface area contributed by atoms with E-state index in [1.54, 1.807) is 24.3 Å². The maximum Gasteiger partial charge on any atom is 0.418 e. The third kappa shape index (κ3) is 5.57. The molecule has 0 bridgehead atoms. The number of alkyl halides is 3. The van der Waals surface area contributed by atoms with Gasteiger partial charge in [0.2, 0.25) is 5.91 Å². The number of hydrazone groups is 1. The molecular formula is C19H18F3N3O3. The number of hydrogen-bond donors (Lipinski definition) is 2. The molecule has 0 aliphatic rings. The van der Waals surface area contributed by atoms with Crippen LogP contribution in [-0.4, -0.2) is 24.6 Å². The maximum absolute atomic E-state index is 13.0. The van der Waals surface area contributed by atoms with Crippen LogP contribution in [0.2, 0.25) is 0 Å². The predicted molar refractivity (Wildman–Crippen MR) is 98.3 cm³/mol. The van der Waals surface area contributed by atoms with Gasteiger partial charge in [-0.3, -0.25) is 9.59 Å². The molecule has 148 valence electrons. The Balaban J connectivity index is 2.00. The molecule has 0 aliphatic heterocycles. The van der Waals surface area contributed by atoms with Crippen molar-refractivity contribution in [3.05, 3.63) is 59.7 Å². The number of benzene rings is 2. The molecule has 2 N–H and O–H groups in total. The highest BCUT2D eigenvalue weighted by molar-refractivity contribution is 6.06. The molecule has 0 spiro atoms. The standard InChI is InChI=1S/C19H18F3N3O3/c1-12(24-25-18(27)13-7-3-6-10-16(13)28-2)11-17(26)23-15-9-5-4-8-14(15)19(20,21)22/h3-10H,11H2,1-2H3,(H,23,26)(H,25,27)/b24-12-. The van der Waals surface area contributed by atoms with Crippen LogP contribution in [0.3, 0.4) is 0 Å².